The van der Waals surface area contributed by atoms with Crippen molar-refractivity contribution in [3.63, 3.8) is 0 Å². The van der Waals surface area contributed by atoms with Crippen molar-refractivity contribution in [2.24, 2.45) is 0 Å². The molecule has 8 heteroatoms. The van der Waals surface area contributed by atoms with Gasteiger partial charge in [-0.1, -0.05) is 34.8 Å². The number of halogens is 3. The maximum Gasteiger partial charge on any atom is 0.224 e. The molecule has 0 spiro atoms. The third-order valence-corrected chi connectivity index (χ3v) is 5.83. The third-order valence-electron chi connectivity index (χ3n) is 3.19. The van der Waals surface area contributed by atoms with Crippen LogP contribution in [0.2, 0.25) is 15.1 Å². The molecule has 0 unspecified atom stereocenters. The molecule has 1 N–H and O–H groups in total. The molecule has 0 aliphatic carbocycles. The van der Waals surface area contributed by atoms with Gasteiger partial charge in [-0.3, -0.25) is 4.79 Å². The summed E-state index contributed by atoms with van der Waals surface area (Å²) in [7, 11) is -3.45. The number of anilines is 1. The summed E-state index contributed by atoms with van der Waals surface area (Å²) in [6.07, 6.45) is 0.241. The zero-order valence-corrected chi connectivity index (χ0v) is 15.5. The number of sulfone groups is 1. The van der Waals surface area contributed by atoms with Crippen LogP contribution in [0, 0.1) is 0 Å². The van der Waals surface area contributed by atoms with Crippen molar-refractivity contribution in [3.8, 4) is 0 Å². The van der Waals surface area contributed by atoms with Gasteiger partial charge in [-0.15, -0.1) is 0 Å². The van der Waals surface area contributed by atoms with Crippen LogP contribution in [0.5, 0.6) is 0 Å². The summed E-state index contributed by atoms with van der Waals surface area (Å²) in [5.74, 6) is -0.462. The van der Waals surface area contributed by atoms with E-state index in [1.807, 2.05) is 0 Å². The predicted molar refractivity (Wildman–Crippen MR) is 97.8 cm³/mol. The normalized spacial score (nSPS) is 11.3. The highest BCUT2D eigenvalue weighted by molar-refractivity contribution is 7.91. The van der Waals surface area contributed by atoms with Crippen LogP contribution in [0.15, 0.2) is 47.4 Å². The van der Waals surface area contributed by atoms with Crippen LogP contribution >= 0.6 is 34.8 Å². The fourth-order valence-electron chi connectivity index (χ4n) is 1.99. The summed E-state index contributed by atoms with van der Waals surface area (Å²) in [6, 6.07) is 10.6. The maximum atomic E-state index is 12.2. The Morgan fingerprint density at radius 1 is 0.958 bits per heavy atom. The Morgan fingerprint density at radius 2 is 1.58 bits per heavy atom. The van der Waals surface area contributed by atoms with E-state index < -0.39 is 9.84 Å². The molecule has 0 radical (unpaired) electrons. The van der Waals surface area contributed by atoms with E-state index in [1.165, 1.54) is 30.3 Å². The lowest BCUT2D eigenvalue weighted by Crippen LogP contribution is -2.14. The van der Waals surface area contributed by atoms with Crippen molar-refractivity contribution in [2.45, 2.75) is 17.7 Å². The minimum Gasteiger partial charge on any atom is -0.325 e. The Morgan fingerprint density at radius 3 is 2.25 bits per heavy atom. The molecule has 0 aliphatic heterocycles. The van der Waals surface area contributed by atoms with Gasteiger partial charge in [0.15, 0.2) is 9.84 Å². The van der Waals surface area contributed by atoms with Gasteiger partial charge >= 0.3 is 0 Å². The molecule has 1 amide bonds. The molecule has 4 nitrogen and oxygen atoms in total. The lowest BCUT2D eigenvalue weighted by atomic mass is 10.3. The summed E-state index contributed by atoms with van der Waals surface area (Å²) < 4.78 is 24.3. The molecular weight excluding hydrogens is 393 g/mol. The Balaban J connectivity index is 1.90. The van der Waals surface area contributed by atoms with E-state index >= 15 is 0 Å². The highest BCUT2D eigenvalue weighted by Gasteiger charge is 2.15. The minimum atomic E-state index is -3.45. The smallest absolute Gasteiger partial charge is 0.224 e. The molecule has 0 atom stereocenters. The summed E-state index contributed by atoms with van der Waals surface area (Å²) in [5.41, 5.74) is 0.398. The van der Waals surface area contributed by atoms with Crippen LogP contribution in [0.3, 0.4) is 0 Å². The average Bonchev–Trinajstić information content (AvgIpc) is 2.51. The first-order valence-electron chi connectivity index (χ1n) is 7.01. The fraction of sp³-hybridized carbons (Fsp3) is 0.188. The topological polar surface area (TPSA) is 63.2 Å². The molecule has 0 aliphatic rings. The molecule has 0 saturated carbocycles. The van der Waals surface area contributed by atoms with Gasteiger partial charge in [-0.25, -0.2) is 8.42 Å². The molecule has 0 heterocycles. The number of carbonyl (C=O) groups is 1. The molecular formula is C16H14Cl3NO3S. The van der Waals surface area contributed by atoms with Crippen LogP contribution in [-0.4, -0.2) is 20.1 Å². The number of amides is 1. The van der Waals surface area contributed by atoms with Crippen LogP contribution in [0.4, 0.5) is 5.69 Å². The number of hydrogen-bond acceptors (Lipinski definition) is 3. The van der Waals surface area contributed by atoms with Crippen molar-refractivity contribution in [1.82, 2.24) is 0 Å². The Labute approximate surface area is 155 Å². The van der Waals surface area contributed by atoms with Crippen molar-refractivity contribution < 1.29 is 13.2 Å². The van der Waals surface area contributed by atoms with E-state index in [0.717, 1.165) is 0 Å². The number of hydrogen-bond donors (Lipinski definition) is 1. The molecule has 0 saturated heterocycles. The number of carbonyl (C=O) groups excluding carboxylic acids is 1. The van der Waals surface area contributed by atoms with Crippen LogP contribution in [-0.2, 0) is 14.6 Å². The molecule has 24 heavy (non-hydrogen) atoms. The minimum absolute atomic E-state index is 0.0513. The second kappa shape index (κ2) is 8.21. The van der Waals surface area contributed by atoms with Gasteiger partial charge in [0.25, 0.3) is 0 Å². The highest BCUT2D eigenvalue weighted by atomic mass is 35.5. The highest BCUT2D eigenvalue weighted by Crippen LogP contribution is 2.25. The summed E-state index contributed by atoms with van der Waals surface area (Å²) in [6.45, 7) is 0. The first kappa shape index (κ1) is 19.1. The summed E-state index contributed by atoms with van der Waals surface area (Å²) in [5, 5.41) is 3.89. The second-order valence-electron chi connectivity index (χ2n) is 5.05. The predicted octanol–water partition coefficient (Wildman–Crippen LogP) is 4.84. The number of benzene rings is 2. The zero-order chi connectivity index (χ0) is 17.7. The van der Waals surface area contributed by atoms with Crippen LogP contribution in [0.1, 0.15) is 12.8 Å². The average molecular weight is 407 g/mol. The fourth-order valence-corrected chi connectivity index (χ4v) is 3.76. The van der Waals surface area contributed by atoms with Gasteiger partial charge in [0.1, 0.15) is 0 Å². The lowest BCUT2D eigenvalue weighted by Gasteiger charge is -2.08. The zero-order valence-electron chi connectivity index (χ0n) is 12.4. The largest absolute Gasteiger partial charge is 0.325 e. The molecule has 2 aromatic rings. The van der Waals surface area contributed by atoms with Crippen molar-refractivity contribution in [3.05, 3.63) is 57.5 Å². The Bertz CT molecular complexity index is 836. The van der Waals surface area contributed by atoms with Gasteiger partial charge < -0.3 is 5.32 Å². The van der Waals surface area contributed by atoms with E-state index in [4.69, 9.17) is 34.8 Å². The van der Waals surface area contributed by atoms with Crippen molar-refractivity contribution in [2.75, 3.05) is 11.1 Å². The van der Waals surface area contributed by atoms with Gasteiger partial charge in [0.05, 0.1) is 21.4 Å². The Kier molecular flexibility index (Phi) is 6.52. The number of rotatable bonds is 6. The van der Waals surface area contributed by atoms with E-state index in [-0.39, 0.29) is 29.4 Å². The quantitative estimate of drug-likeness (QED) is 0.746. The standard InChI is InChI=1S/C16H14Cl3NO3S/c17-11-3-6-13(7-4-11)24(22,23)9-1-2-16(21)20-15-10-12(18)5-8-14(15)19/h3-8,10H,1-2,9H2,(H,20,21). The lowest BCUT2D eigenvalue weighted by molar-refractivity contribution is -0.116. The Hall–Kier alpha value is -1.27. The van der Waals surface area contributed by atoms with Gasteiger partial charge in [0.2, 0.25) is 5.91 Å². The monoisotopic (exact) mass is 405 g/mol. The van der Waals surface area contributed by atoms with Gasteiger partial charge in [-0.2, -0.15) is 0 Å². The first-order valence-corrected chi connectivity index (χ1v) is 9.80. The molecule has 0 fully saturated rings. The third kappa shape index (κ3) is 5.38. The van der Waals surface area contributed by atoms with E-state index in [9.17, 15) is 13.2 Å². The summed E-state index contributed by atoms with van der Waals surface area (Å²) in [4.78, 5) is 12.1. The summed E-state index contributed by atoms with van der Waals surface area (Å²) >= 11 is 17.5. The number of nitrogens with one attached hydrogen (secondary N) is 1. The van der Waals surface area contributed by atoms with Gasteiger partial charge in [0, 0.05) is 16.5 Å². The molecule has 2 aromatic carbocycles. The maximum absolute atomic E-state index is 12.2. The molecule has 0 bridgehead atoms. The SMILES string of the molecule is O=C(CCCS(=O)(=O)c1ccc(Cl)cc1)Nc1cc(Cl)ccc1Cl. The van der Waals surface area contributed by atoms with E-state index in [0.29, 0.717) is 20.8 Å². The van der Waals surface area contributed by atoms with E-state index in [1.54, 1.807) is 12.1 Å². The first-order chi connectivity index (χ1) is 11.3. The van der Waals surface area contributed by atoms with Crippen LogP contribution < -0.4 is 5.32 Å². The molecule has 2 rings (SSSR count). The van der Waals surface area contributed by atoms with Gasteiger partial charge in [-0.05, 0) is 48.9 Å². The van der Waals surface area contributed by atoms with Crippen molar-refractivity contribution >= 4 is 56.2 Å². The van der Waals surface area contributed by atoms with E-state index in [2.05, 4.69) is 5.32 Å². The van der Waals surface area contributed by atoms with Crippen molar-refractivity contribution in [1.29, 1.82) is 0 Å². The molecule has 128 valence electrons. The van der Waals surface area contributed by atoms with Crippen LogP contribution in [0.25, 0.3) is 0 Å². The second-order valence-corrected chi connectivity index (χ2v) is 8.44. The molecule has 0 aromatic heterocycles.